The summed E-state index contributed by atoms with van der Waals surface area (Å²) in [4.78, 5) is 12.4. The molecule has 0 bridgehead atoms. The number of benzene rings is 3. The zero-order valence-corrected chi connectivity index (χ0v) is 23.9. The quantitative estimate of drug-likeness (QED) is 0.0824. The maximum Gasteiger partial charge on any atom is 0.394 e. The number of nitrogens with zero attached hydrogens (tertiary/aromatic N) is 2. The number of hydrogen-bond donors (Lipinski definition) is 4. The van der Waals surface area contributed by atoms with Gasteiger partial charge in [0.2, 0.25) is 0 Å². The van der Waals surface area contributed by atoms with Crippen molar-refractivity contribution in [2.75, 3.05) is 18.6 Å². The van der Waals surface area contributed by atoms with Gasteiger partial charge in [0, 0.05) is 5.56 Å². The lowest BCUT2D eigenvalue weighted by molar-refractivity contribution is 0.0955. The van der Waals surface area contributed by atoms with E-state index in [1.165, 1.54) is 0 Å². The highest BCUT2D eigenvalue weighted by molar-refractivity contribution is 7.79. The smallest absolute Gasteiger partial charge is 0.394 e. The van der Waals surface area contributed by atoms with Crippen molar-refractivity contribution in [2.45, 2.75) is 39.5 Å². The summed E-state index contributed by atoms with van der Waals surface area (Å²) >= 11 is 0. The van der Waals surface area contributed by atoms with Crippen LogP contribution in [0.3, 0.4) is 0 Å². The molecule has 4 N–H and O–H groups in total. The number of ether oxygens (including phenoxy) is 2. The minimum Gasteiger partial charge on any atom is -0.494 e. The first-order chi connectivity index (χ1) is 19.7. The predicted molar refractivity (Wildman–Crippen MR) is 161 cm³/mol. The Labute approximate surface area is 240 Å². The van der Waals surface area contributed by atoms with Gasteiger partial charge in [-0.2, -0.15) is 18.6 Å². The molecule has 0 unspecified atom stereocenters. The minimum atomic E-state index is -4.67. The van der Waals surface area contributed by atoms with E-state index < -0.39 is 10.4 Å². The number of hydrazone groups is 2. The van der Waals surface area contributed by atoms with Crippen molar-refractivity contribution >= 4 is 34.4 Å². The van der Waals surface area contributed by atoms with Crippen molar-refractivity contribution < 1.29 is 31.8 Å². The number of unbranched alkanes of at least 4 members (excludes halogenated alkanes) is 2. The lowest BCUT2D eigenvalue weighted by atomic mass is 10.2. The molecule has 11 nitrogen and oxygen atoms in total. The summed E-state index contributed by atoms with van der Waals surface area (Å²) in [5, 5.41) is 8.29. The van der Waals surface area contributed by atoms with E-state index in [0.717, 1.165) is 60.6 Å². The Kier molecular flexibility index (Phi) is 14.6. The molecular formula is C29H36N4O7S. The van der Waals surface area contributed by atoms with E-state index in [2.05, 4.69) is 34.9 Å². The Bertz CT molecular complexity index is 1340. The molecule has 41 heavy (non-hydrogen) atoms. The predicted octanol–water partition coefficient (Wildman–Crippen LogP) is 5.60. The molecule has 0 fully saturated rings. The molecule has 0 aromatic heterocycles. The third-order valence-electron chi connectivity index (χ3n) is 5.23. The van der Waals surface area contributed by atoms with Crippen molar-refractivity contribution in [2.24, 2.45) is 10.2 Å². The first-order valence-corrected chi connectivity index (χ1v) is 14.5. The fourth-order valence-electron chi connectivity index (χ4n) is 3.08. The van der Waals surface area contributed by atoms with Crippen molar-refractivity contribution in [1.29, 1.82) is 0 Å². The fourth-order valence-corrected chi connectivity index (χ4v) is 3.08. The van der Waals surface area contributed by atoms with E-state index >= 15 is 0 Å². The monoisotopic (exact) mass is 584 g/mol. The molecule has 1 amide bonds. The fraction of sp³-hybridized carbons (Fsp3) is 0.276. The maximum absolute atomic E-state index is 12.4. The largest absolute Gasteiger partial charge is 0.494 e. The highest BCUT2D eigenvalue weighted by atomic mass is 32.3. The second kappa shape index (κ2) is 18.2. The van der Waals surface area contributed by atoms with Crippen LogP contribution in [0.25, 0.3) is 0 Å². The van der Waals surface area contributed by atoms with Gasteiger partial charge in [-0.3, -0.25) is 19.3 Å². The zero-order chi connectivity index (χ0) is 29.9. The molecular weight excluding hydrogens is 548 g/mol. The molecule has 0 heterocycles. The second-order valence-electron chi connectivity index (χ2n) is 8.64. The van der Waals surface area contributed by atoms with Crippen LogP contribution in [0.2, 0.25) is 0 Å². The molecule has 12 heteroatoms. The summed E-state index contributed by atoms with van der Waals surface area (Å²) in [5.74, 6) is 1.40. The van der Waals surface area contributed by atoms with Gasteiger partial charge < -0.3 is 9.47 Å². The van der Waals surface area contributed by atoms with E-state index in [1.54, 1.807) is 36.7 Å². The van der Waals surface area contributed by atoms with Crippen LogP contribution in [0.15, 0.2) is 83.0 Å². The van der Waals surface area contributed by atoms with Gasteiger partial charge in [-0.05, 0) is 96.8 Å². The van der Waals surface area contributed by atoms with Crippen LogP contribution in [-0.2, 0) is 10.4 Å². The van der Waals surface area contributed by atoms with Crippen LogP contribution in [0.4, 0.5) is 5.69 Å². The molecule has 0 aliphatic rings. The molecule has 3 aromatic rings. The van der Waals surface area contributed by atoms with Gasteiger partial charge in [0.25, 0.3) is 5.91 Å². The van der Waals surface area contributed by atoms with E-state index in [0.29, 0.717) is 12.2 Å². The van der Waals surface area contributed by atoms with Gasteiger partial charge in [-0.15, -0.1) is 0 Å². The topological polar surface area (TPSA) is 159 Å². The molecule has 0 aliphatic carbocycles. The van der Waals surface area contributed by atoms with Crippen LogP contribution in [0.1, 0.15) is 61.0 Å². The molecule has 3 rings (SSSR count). The molecule has 0 aliphatic heterocycles. The Morgan fingerprint density at radius 1 is 0.756 bits per heavy atom. The maximum atomic E-state index is 12.4. The number of anilines is 1. The third kappa shape index (κ3) is 15.2. The van der Waals surface area contributed by atoms with Gasteiger partial charge in [-0.25, -0.2) is 5.43 Å². The summed E-state index contributed by atoms with van der Waals surface area (Å²) < 4.78 is 42.9. The molecule has 0 saturated carbocycles. The number of carbonyl (C=O) groups excluding carboxylic acids is 1. The average molecular weight is 585 g/mol. The normalized spacial score (nSPS) is 11.1. The van der Waals surface area contributed by atoms with Crippen molar-refractivity contribution in [3.8, 4) is 11.5 Å². The Hall–Kier alpha value is -4.26. The van der Waals surface area contributed by atoms with Gasteiger partial charge in [0.15, 0.2) is 0 Å². The summed E-state index contributed by atoms with van der Waals surface area (Å²) in [6.45, 7) is 5.71. The lowest BCUT2D eigenvalue weighted by Gasteiger charge is -2.05. The summed E-state index contributed by atoms with van der Waals surface area (Å²) in [6, 6.07) is 22.4. The molecule has 220 valence electrons. The van der Waals surface area contributed by atoms with Gasteiger partial charge in [-0.1, -0.05) is 26.7 Å². The number of nitrogens with one attached hydrogen (secondary N) is 2. The standard InChI is InChI=1S/C29H34N4O3.H2O4S/c1-3-5-19-35-27-15-7-23(8-16-27)21-30-32-26-13-11-25(12-14-26)29(34)33-31-22-24-9-17-28(18-10-24)36-20-6-4-2;1-5(2,3)4/h7-18,21-22,32H,3-6,19-20H2,1-2H3,(H,33,34);(H2,1,2,3,4)/b30-21+,31-22+;. The molecule has 0 radical (unpaired) electrons. The van der Waals surface area contributed by atoms with Crippen LogP contribution in [-0.4, -0.2) is 49.1 Å². The van der Waals surface area contributed by atoms with Crippen molar-refractivity contribution in [3.63, 3.8) is 0 Å². The lowest BCUT2D eigenvalue weighted by Crippen LogP contribution is -2.17. The van der Waals surface area contributed by atoms with Gasteiger partial charge in [0.1, 0.15) is 11.5 Å². The SMILES string of the molecule is CCCCOc1ccc(/C=N/NC(=O)c2ccc(N/N=C/c3ccc(OCCCC)cc3)cc2)cc1.O=S(=O)(O)O. The highest BCUT2D eigenvalue weighted by Gasteiger charge is 2.04. The highest BCUT2D eigenvalue weighted by Crippen LogP contribution is 2.13. The number of rotatable bonds is 14. The number of amides is 1. The number of carbonyl (C=O) groups is 1. The summed E-state index contributed by atoms with van der Waals surface area (Å²) in [5.41, 5.74) is 8.61. The molecule has 0 spiro atoms. The van der Waals surface area contributed by atoms with E-state index in [4.69, 9.17) is 27.0 Å². The van der Waals surface area contributed by atoms with Crippen LogP contribution in [0.5, 0.6) is 11.5 Å². The van der Waals surface area contributed by atoms with E-state index in [-0.39, 0.29) is 5.91 Å². The average Bonchev–Trinajstić information content (AvgIpc) is 2.94. The Morgan fingerprint density at radius 3 is 1.63 bits per heavy atom. The Morgan fingerprint density at radius 2 is 1.20 bits per heavy atom. The Balaban J connectivity index is 0.00000108. The van der Waals surface area contributed by atoms with Crippen molar-refractivity contribution in [3.05, 3.63) is 89.5 Å². The summed E-state index contributed by atoms with van der Waals surface area (Å²) in [6.07, 6.45) is 7.62. The first-order valence-electron chi connectivity index (χ1n) is 13.1. The van der Waals surface area contributed by atoms with Gasteiger partial charge in [0.05, 0.1) is 31.3 Å². The van der Waals surface area contributed by atoms with E-state index in [1.807, 2.05) is 48.5 Å². The van der Waals surface area contributed by atoms with Crippen LogP contribution >= 0.6 is 0 Å². The zero-order valence-electron chi connectivity index (χ0n) is 23.1. The second-order valence-corrected chi connectivity index (χ2v) is 9.53. The van der Waals surface area contributed by atoms with E-state index in [9.17, 15) is 4.79 Å². The minimum absolute atomic E-state index is 0.290. The first kappa shape index (κ1) is 32.9. The van der Waals surface area contributed by atoms with Crippen molar-refractivity contribution in [1.82, 2.24) is 5.43 Å². The van der Waals surface area contributed by atoms with Crippen LogP contribution in [0, 0.1) is 0 Å². The van der Waals surface area contributed by atoms with Gasteiger partial charge >= 0.3 is 10.4 Å². The number of hydrogen-bond acceptors (Lipinski definition) is 8. The van der Waals surface area contributed by atoms with Crippen LogP contribution < -0.4 is 20.3 Å². The molecule has 0 atom stereocenters. The molecule has 3 aromatic carbocycles. The molecule has 0 saturated heterocycles. The third-order valence-corrected chi connectivity index (χ3v) is 5.23. The summed E-state index contributed by atoms with van der Waals surface area (Å²) in [7, 11) is -4.67.